The molecule has 1 aliphatic heterocycles. The first kappa shape index (κ1) is 20.4. The molecule has 0 saturated carbocycles. The maximum atomic E-state index is 12.1. The molecule has 1 rings (SSSR count). The Hall–Kier alpha value is -2.65. The SMILES string of the molecule is CC(=O)OC[C@@H]1[C@@H](OC(C)=O)[C@@H](OC(C)=O)C(OC(C)=O)N1C(C)=O. The van der Waals surface area contributed by atoms with Gasteiger partial charge in [-0.2, -0.15) is 0 Å². The van der Waals surface area contributed by atoms with E-state index in [1.807, 2.05) is 0 Å². The third-order valence-electron chi connectivity index (χ3n) is 3.33. The van der Waals surface area contributed by atoms with Gasteiger partial charge in [-0.25, -0.2) is 0 Å². The maximum Gasteiger partial charge on any atom is 0.304 e. The van der Waals surface area contributed by atoms with Crippen LogP contribution >= 0.6 is 0 Å². The summed E-state index contributed by atoms with van der Waals surface area (Å²) in [5.41, 5.74) is 0. The second kappa shape index (κ2) is 8.45. The molecule has 0 N–H and O–H groups in total. The number of carbonyl (C=O) groups excluding carboxylic acids is 5. The summed E-state index contributed by atoms with van der Waals surface area (Å²) in [7, 11) is 0. The molecule has 10 heteroatoms. The molecule has 0 aromatic rings. The number of hydrogen-bond donors (Lipinski definition) is 0. The van der Waals surface area contributed by atoms with Gasteiger partial charge >= 0.3 is 23.9 Å². The summed E-state index contributed by atoms with van der Waals surface area (Å²) in [5.74, 6) is -3.33. The van der Waals surface area contributed by atoms with Gasteiger partial charge in [-0.3, -0.25) is 28.9 Å². The van der Waals surface area contributed by atoms with Crippen molar-refractivity contribution in [2.45, 2.75) is 59.1 Å². The highest BCUT2D eigenvalue weighted by molar-refractivity contribution is 5.76. The van der Waals surface area contributed by atoms with Crippen molar-refractivity contribution in [2.24, 2.45) is 0 Å². The van der Waals surface area contributed by atoms with E-state index in [0.717, 1.165) is 25.7 Å². The summed E-state index contributed by atoms with van der Waals surface area (Å²) >= 11 is 0. The summed E-state index contributed by atoms with van der Waals surface area (Å²) in [6.07, 6.45) is -3.74. The Labute approximate surface area is 144 Å². The van der Waals surface area contributed by atoms with Gasteiger partial charge < -0.3 is 18.9 Å². The zero-order valence-corrected chi connectivity index (χ0v) is 14.6. The Morgan fingerprint density at radius 3 is 1.60 bits per heavy atom. The minimum atomic E-state index is -1.32. The van der Waals surface area contributed by atoms with Crippen LogP contribution in [-0.4, -0.2) is 65.8 Å². The molecular weight excluding hydrogens is 338 g/mol. The van der Waals surface area contributed by atoms with Crippen molar-refractivity contribution in [3.8, 4) is 0 Å². The Bertz CT molecular complexity index is 573. The van der Waals surface area contributed by atoms with E-state index in [1.54, 1.807) is 0 Å². The average Bonchev–Trinajstić information content (AvgIpc) is 2.69. The molecule has 25 heavy (non-hydrogen) atoms. The van der Waals surface area contributed by atoms with Crippen molar-refractivity contribution >= 4 is 29.8 Å². The van der Waals surface area contributed by atoms with Gasteiger partial charge in [0.1, 0.15) is 12.6 Å². The average molecular weight is 359 g/mol. The largest absolute Gasteiger partial charge is 0.464 e. The highest BCUT2D eigenvalue weighted by Crippen LogP contribution is 2.32. The van der Waals surface area contributed by atoms with Crippen molar-refractivity contribution < 1.29 is 42.9 Å². The molecule has 4 atom stereocenters. The summed E-state index contributed by atoms with van der Waals surface area (Å²) in [6, 6.07) is -0.987. The molecule has 1 unspecified atom stereocenters. The molecule has 1 amide bonds. The van der Waals surface area contributed by atoms with Crippen molar-refractivity contribution in [1.29, 1.82) is 0 Å². The number of hydrogen-bond acceptors (Lipinski definition) is 9. The third kappa shape index (κ3) is 5.44. The van der Waals surface area contributed by atoms with E-state index in [-0.39, 0.29) is 6.61 Å². The summed E-state index contributed by atoms with van der Waals surface area (Å²) in [6.45, 7) is 5.39. The highest BCUT2D eigenvalue weighted by atomic mass is 16.6. The molecule has 1 aliphatic rings. The number of amides is 1. The standard InChI is InChI=1S/C15H21NO9/c1-7(17)16-12(6-22-8(2)18)13(23-9(3)19)14(24-10(4)20)15(16)25-11(5)21/h12-15H,6H2,1-5H3/t12-,13-,14-,15?/m1/s1. The van der Waals surface area contributed by atoms with E-state index in [9.17, 15) is 24.0 Å². The monoisotopic (exact) mass is 359 g/mol. The van der Waals surface area contributed by atoms with Crippen molar-refractivity contribution in [3.05, 3.63) is 0 Å². The summed E-state index contributed by atoms with van der Waals surface area (Å²) in [5, 5.41) is 0. The van der Waals surface area contributed by atoms with Gasteiger partial charge in [-0.15, -0.1) is 0 Å². The summed E-state index contributed by atoms with van der Waals surface area (Å²) < 4.78 is 20.3. The lowest BCUT2D eigenvalue weighted by molar-refractivity contribution is -0.181. The van der Waals surface area contributed by atoms with Gasteiger partial charge in [0.05, 0.1) is 0 Å². The van der Waals surface area contributed by atoms with Crippen LogP contribution in [-0.2, 0) is 42.9 Å². The van der Waals surface area contributed by atoms with Gasteiger partial charge in [0, 0.05) is 34.6 Å². The molecule has 0 bridgehead atoms. The molecule has 0 spiro atoms. The van der Waals surface area contributed by atoms with Crippen molar-refractivity contribution in [2.75, 3.05) is 6.61 Å². The number of nitrogens with zero attached hydrogens (tertiary/aromatic N) is 1. The predicted octanol–water partition coefficient (Wildman–Crippen LogP) is -0.467. The fraction of sp³-hybridized carbons (Fsp3) is 0.667. The van der Waals surface area contributed by atoms with Crippen LogP contribution < -0.4 is 0 Å². The van der Waals surface area contributed by atoms with Gasteiger partial charge in [0.2, 0.25) is 12.1 Å². The van der Waals surface area contributed by atoms with Gasteiger partial charge in [-0.05, 0) is 0 Å². The quantitative estimate of drug-likeness (QED) is 0.473. The van der Waals surface area contributed by atoms with E-state index in [1.165, 1.54) is 13.8 Å². The van der Waals surface area contributed by atoms with E-state index in [4.69, 9.17) is 18.9 Å². The van der Waals surface area contributed by atoms with Crippen molar-refractivity contribution in [1.82, 2.24) is 4.90 Å². The van der Waals surface area contributed by atoms with Crippen LogP contribution in [0.3, 0.4) is 0 Å². The second-order valence-electron chi connectivity index (χ2n) is 5.44. The maximum absolute atomic E-state index is 12.1. The molecule has 1 fully saturated rings. The number of ether oxygens (including phenoxy) is 4. The minimum Gasteiger partial charge on any atom is -0.464 e. The molecule has 10 nitrogen and oxygen atoms in total. The molecule has 140 valence electrons. The van der Waals surface area contributed by atoms with Crippen LogP contribution in [0.5, 0.6) is 0 Å². The van der Waals surface area contributed by atoms with E-state index in [0.29, 0.717) is 0 Å². The van der Waals surface area contributed by atoms with E-state index >= 15 is 0 Å². The first-order chi connectivity index (χ1) is 11.5. The summed E-state index contributed by atoms with van der Waals surface area (Å²) in [4.78, 5) is 58.5. The molecule has 0 aliphatic carbocycles. The van der Waals surface area contributed by atoms with Crippen LogP contribution in [0, 0.1) is 0 Å². The second-order valence-corrected chi connectivity index (χ2v) is 5.44. The smallest absolute Gasteiger partial charge is 0.304 e. The van der Waals surface area contributed by atoms with Gasteiger partial charge in [0.25, 0.3) is 0 Å². The molecule has 1 heterocycles. The number of rotatable bonds is 5. The molecule has 0 radical (unpaired) electrons. The molecular formula is C15H21NO9. The molecule has 0 aromatic carbocycles. The Balaban J connectivity index is 3.31. The fourth-order valence-corrected chi connectivity index (χ4v) is 2.63. The fourth-order valence-electron chi connectivity index (χ4n) is 2.63. The predicted molar refractivity (Wildman–Crippen MR) is 79.6 cm³/mol. The van der Waals surface area contributed by atoms with Gasteiger partial charge in [0.15, 0.2) is 12.2 Å². The number of esters is 4. The lowest BCUT2D eigenvalue weighted by Gasteiger charge is -2.28. The third-order valence-corrected chi connectivity index (χ3v) is 3.33. The topological polar surface area (TPSA) is 126 Å². The lowest BCUT2D eigenvalue weighted by atomic mass is 10.1. The Kier molecular flexibility index (Phi) is 6.89. The van der Waals surface area contributed by atoms with Crippen LogP contribution in [0.25, 0.3) is 0 Å². The first-order valence-corrected chi connectivity index (χ1v) is 7.48. The van der Waals surface area contributed by atoms with Crippen LogP contribution in [0.4, 0.5) is 0 Å². The number of likely N-dealkylation sites (tertiary alicyclic amines) is 1. The van der Waals surface area contributed by atoms with Crippen LogP contribution in [0.1, 0.15) is 34.6 Å². The normalized spacial score (nSPS) is 25.1. The number of carbonyl (C=O) groups is 5. The Morgan fingerprint density at radius 1 is 0.720 bits per heavy atom. The molecule has 1 saturated heterocycles. The van der Waals surface area contributed by atoms with Gasteiger partial charge in [-0.1, -0.05) is 0 Å². The first-order valence-electron chi connectivity index (χ1n) is 7.48. The molecule has 0 aromatic heterocycles. The van der Waals surface area contributed by atoms with Crippen LogP contribution in [0.2, 0.25) is 0 Å². The zero-order valence-electron chi connectivity index (χ0n) is 14.6. The lowest BCUT2D eigenvalue weighted by Crippen LogP contribution is -2.47. The van der Waals surface area contributed by atoms with E-state index in [2.05, 4.69) is 0 Å². The minimum absolute atomic E-state index is 0.331. The zero-order chi connectivity index (χ0) is 19.3. The Morgan fingerprint density at radius 2 is 1.20 bits per heavy atom. The van der Waals surface area contributed by atoms with Crippen LogP contribution in [0.15, 0.2) is 0 Å². The van der Waals surface area contributed by atoms with E-state index < -0.39 is 54.3 Å². The highest BCUT2D eigenvalue weighted by Gasteiger charge is 2.56. The van der Waals surface area contributed by atoms with Crippen molar-refractivity contribution in [3.63, 3.8) is 0 Å².